The van der Waals surface area contributed by atoms with E-state index in [-0.39, 0.29) is 5.56 Å². The van der Waals surface area contributed by atoms with E-state index in [0.717, 1.165) is 38.4 Å². The van der Waals surface area contributed by atoms with Gasteiger partial charge in [-0.25, -0.2) is 8.78 Å². The summed E-state index contributed by atoms with van der Waals surface area (Å²) in [4.78, 5) is 0. The number of nitrogens with one attached hydrogen (secondary N) is 1. The summed E-state index contributed by atoms with van der Waals surface area (Å²) in [5, 5.41) is 3.74. The van der Waals surface area contributed by atoms with Crippen LogP contribution in [0.15, 0.2) is 18.2 Å². The molecule has 0 radical (unpaired) electrons. The van der Waals surface area contributed by atoms with Crippen molar-refractivity contribution in [1.29, 1.82) is 0 Å². The van der Waals surface area contributed by atoms with Gasteiger partial charge in [0.15, 0.2) is 0 Å². The lowest BCUT2D eigenvalue weighted by Crippen LogP contribution is -2.26. The Morgan fingerprint density at radius 3 is 2.47 bits per heavy atom. The minimum Gasteiger partial charge on any atom is -0.317 e. The van der Waals surface area contributed by atoms with Gasteiger partial charge < -0.3 is 5.32 Å². The van der Waals surface area contributed by atoms with Crippen LogP contribution >= 0.6 is 11.6 Å². The van der Waals surface area contributed by atoms with E-state index in [1.165, 1.54) is 12.1 Å². The number of halogens is 3. The molecule has 1 aliphatic heterocycles. The maximum atomic E-state index is 13.1. The number of hydrogen-bond donors (Lipinski definition) is 1. The van der Waals surface area contributed by atoms with Gasteiger partial charge in [0.2, 0.25) is 0 Å². The molecular weight excluding hydrogens is 244 g/mol. The van der Waals surface area contributed by atoms with E-state index >= 15 is 0 Å². The first-order chi connectivity index (χ1) is 7.98. The second-order valence-corrected chi connectivity index (χ2v) is 5.06. The Morgan fingerprint density at radius 1 is 1.29 bits per heavy atom. The van der Waals surface area contributed by atoms with Crippen LogP contribution in [0.4, 0.5) is 8.78 Å². The highest BCUT2D eigenvalue weighted by Gasteiger charge is 2.26. The molecule has 17 heavy (non-hydrogen) atoms. The Bertz CT molecular complexity index is 395. The fourth-order valence-electron chi connectivity index (χ4n) is 2.26. The molecule has 0 amide bonds. The van der Waals surface area contributed by atoms with Gasteiger partial charge in [0.1, 0.15) is 0 Å². The number of benzene rings is 1. The van der Waals surface area contributed by atoms with Crippen molar-refractivity contribution >= 4 is 11.6 Å². The first-order valence-corrected chi connectivity index (χ1v) is 6.25. The van der Waals surface area contributed by atoms with Crippen molar-refractivity contribution in [3.8, 4) is 0 Å². The van der Waals surface area contributed by atoms with Gasteiger partial charge in [0.05, 0.1) is 0 Å². The predicted molar refractivity (Wildman–Crippen MR) is 65.9 cm³/mol. The third-order valence-corrected chi connectivity index (χ3v) is 3.61. The summed E-state index contributed by atoms with van der Waals surface area (Å²) in [6.07, 6.45) is 2.03. The lowest BCUT2D eigenvalue weighted by atomic mass is 9.89. The standard InChI is InChI=1S/C13H16ClF2N/c1-13(15,16)10-2-3-11(12(14)8-10)9-4-6-17-7-5-9/h2-3,8-9,17H,4-7H2,1H3. The van der Waals surface area contributed by atoms with Crippen LogP contribution in [-0.2, 0) is 5.92 Å². The van der Waals surface area contributed by atoms with Crippen LogP contribution in [-0.4, -0.2) is 13.1 Å². The summed E-state index contributed by atoms with van der Waals surface area (Å²) in [7, 11) is 0. The number of hydrogen-bond acceptors (Lipinski definition) is 1. The number of rotatable bonds is 2. The van der Waals surface area contributed by atoms with E-state index in [2.05, 4.69) is 5.32 Å². The molecule has 1 fully saturated rings. The highest BCUT2D eigenvalue weighted by molar-refractivity contribution is 6.31. The Balaban J connectivity index is 2.25. The van der Waals surface area contributed by atoms with Crippen molar-refractivity contribution in [3.63, 3.8) is 0 Å². The maximum Gasteiger partial charge on any atom is 0.270 e. The largest absolute Gasteiger partial charge is 0.317 e. The molecule has 0 aliphatic carbocycles. The topological polar surface area (TPSA) is 12.0 Å². The Morgan fingerprint density at radius 2 is 1.94 bits per heavy atom. The lowest BCUT2D eigenvalue weighted by molar-refractivity contribution is 0.0174. The highest BCUT2D eigenvalue weighted by atomic mass is 35.5. The van der Waals surface area contributed by atoms with Crippen LogP contribution < -0.4 is 5.32 Å². The van der Waals surface area contributed by atoms with Crippen LogP contribution in [0, 0.1) is 0 Å². The minimum atomic E-state index is -2.82. The first kappa shape index (κ1) is 12.8. The van der Waals surface area contributed by atoms with Crippen molar-refractivity contribution < 1.29 is 8.78 Å². The monoisotopic (exact) mass is 259 g/mol. The van der Waals surface area contributed by atoms with Gasteiger partial charge in [-0.1, -0.05) is 23.7 Å². The van der Waals surface area contributed by atoms with Crippen molar-refractivity contribution in [2.75, 3.05) is 13.1 Å². The zero-order valence-electron chi connectivity index (χ0n) is 9.77. The van der Waals surface area contributed by atoms with Gasteiger partial charge in [0, 0.05) is 17.5 Å². The fourth-order valence-corrected chi connectivity index (χ4v) is 2.60. The van der Waals surface area contributed by atoms with Crippen molar-refractivity contribution in [2.24, 2.45) is 0 Å². The summed E-state index contributed by atoms with van der Waals surface area (Å²) in [6, 6.07) is 4.65. The molecule has 1 aromatic carbocycles. The SMILES string of the molecule is CC(F)(F)c1ccc(C2CCNCC2)c(Cl)c1. The molecule has 0 aromatic heterocycles. The van der Waals surface area contributed by atoms with Gasteiger partial charge >= 0.3 is 0 Å². The lowest BCUT2D eigenvalue weighted by Gasteiger charge is -2.24. The zero-order chi connectivity index (χ0) is 12.5. The molecule has 0 atom stereocenters. The summed E-state index contributed by atoms with van der Waals surface area (Å²) in [5.41, 5.74) is 0.987. The molecule has 1 aliphatic rings. The van der Waals surface area contributed by atoms with Gasteiger partial charge in [-0.05, 0) is 43.5 Å². The molecule has 0 bridgehead atoms. The van der Waals surface area contributed by atoms with Crippen LogP contribution in [0.1, 0.15) is 36.8 Å². The fraction of sp³-hybridized carbons (Fsp3) is 0.538. The van der Waals surface area contributed by atoms with Crippen molar-refractivity contribution in [2.45, 2.75) is 31.6 Å². The zero-order valence-corrected chi connectivity index (χ0v) is 10.5. The van der Waals surface area contributed by atoms with E-state index in [0.29, 0.717) is 10.9 Å². The smallest absolute Gasteiger partial charge is 0.270 e. The first-order valence-electron chi connectivity index (χ1n) is 5.87. The number of alkyl halides is 2. The number of piperidine rings is 1. The molecule has 94 valence electrons. The summed E-state index contributed by atoms with van der Waals surface area (Å²) < 4.78 is 26.3. The van der Waals surface area contributed by atoms with E-state index in [1.807, 2.05) is 0 Å². The van der Waals surface area contributed by atoms with E-state index in [1.54, 1.807) is 6.07 Å². The third kappa shape index (κ3) is 2.96. The summed E-state index contributed by atoms with van der Waals surface area (Å²) >= 11 is 6.12. The van der Waals surface area contributed by atoms with Gasteiger partial charge in [-0.15, -0.1) is 0 Å². The normalized spacial score (nSPS) is 18.4. The van der Waals surface area contributed by atoms with Gasteiger partial charge in [-0.2, -0.15) is 0 Å². The maximum absolute atomic E-state index is 13.1. The molecule has 1 nitrogen and oxygen atoms in total. The van der Waals surface area contributed by atoms with E-state index < -0.39 is 5.92 Å². The molecule has 0 unspecified atom stereocenters. The Hall–Kier alpha value is -0.670. The Labute approximate surface area is 105 Å². The highest BCUT2D eigenvalue weighted by Crippen LogP contribution is 2.35. The van der Waals surface area contributed by atoms with E-state index in [9.17, 15) is 8.78 Å². The molecule has 0 saturated carbocycles. The van der Waals surface area contributed by atoms with Crippen LogP contribution in [0.2, 0.25) is 5.02 Å². The average molecular weight is 260 g/mol. The molecule has 2 rings (SSSR count). The van der Waals surface area contributed by atoms with Crippen LogP contribution in [0.25, 0.3) is 0 Å². The summed E-state index contributed by atoms with van der Waals surface area (Å²) in [5.74, 6) is -2.43. The molecule has 4 heteroatoms. The van der Waals surface area contributed by atoms with Crippen LogP contribution in [0.3, 0.4) is 0 Å². The average Bonchev–Trinajstić information content (AvgIpc) is 2.29. The molecule has 0 spiro atoms. The van der Waals surface area contributed by atoms with Crippen LogP contribution in [0.5, 0.6) is 0 Å². The minimum absolute atomic E-state index is 0.0137. The molecule has 1 N–H and O–H groups in total. The van der Waals surface area contributed by atoms with Gasteiger partial charge in [-0.3, -0.25) is 0 Å². The molecular formula is C13H16ClF2N. The summed E-state index contributed by atoms with van der Waals surface area (Å²) in [6.45, 7) is 2.82. The van der Waals surface area contributed by atoms with E-state index in [4.69, 9.17) is 11.6 Å². The third-order valence-electron chi connectivity index (χ3n) is 3.29. The van der Waals surface area contributed by atoms with Gasteiger partial charge in [0.25, 0.3) is 5.92 Å². The molecule has 1 aromatic rings. The van der Waals surface area contributed by atoms with Crippen molar-refractivity contribution in [3.05, 3.63) is 34.3 Å². The molecule has 1 saturated heterocycles. The predicted octanol–water partition coefficient (Wildman–Crippen LogP) is 3.92. The second kappa shape index (κ2) is 4.91. The molecule has 1 heterocycles. The quantitative estimate of drug-likeness (QED) is 0.849. The second-order valence-electron chi connectivity index (χ2n) is 4.65. The van der Waals surface area contributed by atoms with Crippen molar-refractivity contribution in [1.82, 2.24) is 5.32 Å². The Kier molecular flexibility index (Phi) is 3.69.